The molecule has 0 aromatic heterocycles. The van der Waals surface area contributed by atoms with E-state index in [1.807, 2.05) is 112 Å². The second-order valence-corrected chi connectivity index (χ2v) is 15.6. The summed E-state index contributed by atoms with van der Waals surface area (Å²) in [6.45, 7) is 18.0. The quantitative estimate of drug-likeness (QED) is 0.166. The molecule has 1 unspecified atom stereocenters. The number of anilines is 4. The zero-order valence-corrected chi connectivity index (χ0v) is 34.8. The molecule has 0 saturated heterocycles. The van der Waals surface area contributed by atoms with Crippen LogP contribution in [0.4, 0.5) is 32.8 Å². The summed E-state index contributed by atoms with van der Waals surface area (Å²) in [7, 11) is 1.68. The number of carbonyl (C=O) groups is 2. The molecular weight excluding hydrogens is 726 g/mol. The van der Waals surface area contributed by atoms with Gasteiger partial charge in [-0.1, -0.05) is 72.8 Å². The lowest BCUT2D eigenvalue weighted by Crippen LogP contribution is -2.53. The molecule has 8 nitrogen and oxygen atoms in total. The van der Waals surface area contributed by atoms with Crippen LogP contribution in [0.25, 0.3) is 0 Å². The maximum atomic E-state index is 15.9. The van der Waals surface area contributed by atoms with E-state index in [9.17, 15) is 0 Å². The van der Waals surface area contributed by atoms with Gasteiger partial charge in [-0.25, -0.2) is 14.2 Å². The lowest BCUT2D eigenvalue weighted by Gasteiger charge is -2.39. The van der Waals surface area contributed by atoms with Crippen molar-refractivity contribution in [3.05, 3.63) is 170 Å². The highest BCUT2D eigenvalue weighted by molar-refractivity contribution is 6.27. The minimum absolute atomic E-state index is 0.0500. The Bertz CT molecular complexity index is 2610. The fraction of sp³-hybridized carbons (Fsp3) is 0.245. The highest BCUT2D eigenvalue weighted by Gasteiger charge is 2.68. The van der Waals surface area contributed by atoms with Crippen LogP contribution in [0.5, 0.6) is 0 Å². The van der Waals surface area contributed by atoms with E-state index in [0.717, 1.165) is 61.6 Å². The van der Waals surface area contributed by atoms with Crippen LogP contribution in [0.1, 0.15) is 57.0 Å². The fourth-order valence-corrected chi connectivity index (χ4v) is 9.17. The molecule has 3 aliphatic heterocycles. The fourth-order valence-electron chi connectivity index (χ4n) is 9.17. The predicted octanol–water partition coefficient (Wildman–Crippen LogP) is 10.4. The van der Waals surface area contributed by atoms with Gasteiger partial charge in [-0.2, -0.15) is 0 Å². The van der Waals surface area contributed by atoms with Gasteiger partial charge in [0.05, 0.1) is 35.1 Å². The molecule has 3 aliphatic rings. The maximum Gasteiger partial charge on any atom is 0.339 e. The predicted molar refractivity (Wildman–Crippen MR) is 232 cm³/mol. The molecule has 5 aromatic rings. The molecule has 0 fully saturated rings. The summed E-state index contributed by atoms with van der Waals surface area (Å²) in [5.41, 5.74) is 11.3. The molecule has 0 bridgehead atoms. The largest absolute Gasteiger partial charge is 0.462 e. The van der Waals surface area contributed by atoms with Crippen LogP contribution >= 0.6 is 0 Å². The number of nitrogens with one attached hydrogen (secondary N) is 1. The molecule has 9 heteroatoms. The number of amidine groups is 1. The van der Waals surface area contributed by atoms with Gasteiger partial charge in [0.1, 0.15) is 17.1 Å². The van der Waals surface area contributed by atoms with E-state index in [4.69, 9.17) is 9.73 Å². The Morgan fingerprint density at radius 2 is 1.24 bits per heavy atom. The van der Waals surface area contributed by atoms with Gasteiger partial charge in [0.2, 0.25) is 0 Å². The van der Waals surface area contributed by atoms with Crippen LogP contribution in [-0.4, -0.2) is 31.4 Å². The van der Waals surface area contributed by atoms with Crippen molar-refractivity contribution in [2.75, 3.05) is 33.7 Å². The van der Waals surface area contributed by atoms with E-state index >= 15 is 14.0 Å². The Labute approximate surface area is 340 Å². The molecular formula is C49H48FN5O3. The zero-order valence-electron chi connectivity index (χ0n) is 34.8. The number of hydrogen-bond acceptors (Lipinski definition) is 6. The van der Waals surface area contributed by atoms with E-state index < -0.39 is 23.2 Å². The lowest BCUT2D eigenvalue weighted by molar-refractivity contribution is -0.140. The van der Waals surface area contributed by atoms with Crippen LogP contribution in [0.2, 0.25) is 0 Å². The number of hydrogen-bond donors (Lipinski definition) is 1. The van der Waals surface area contributed by atoms with Gasteiger partial charge in [-0.05, 0) is 125 Å². The molecule has 8 rings (SSSR count). The van der Waals surface area contributed by atoms with Crippen molar-refractivity contribution in [1.82, 2.24) is 0 Å². The van der Waals surface area contributed by atoms with Crippen LogP contribution in [0, 0.1) is 61.2 Å². The maximum absolute atomic E-state index is 15.9. The SMILES string of the molecule is CCOC(=O)C1=C2C(=C(Nc3c(C)cccc3C)C(=Nc3c(C)cccc3C)N2c2c(C)cccc2C)N(c2c(C)cccc2C)C12C(=O)N(C)c1ccc(F)cc12. The second-order valence-electron chi connectivity index (χ2n) is 15.6. The van der Waals surface area contributed by atoms with Crippen molar-refractivity contribution in [1.29, 1.82) is 0 Å². The molecule has 0 radical (unpaired) electrons. The van der Waals surface area contributed by atoms with E-state index in [1.165, 1.54) is 17.0 Å². The number of esters is 1. The first-order valence-corrected chi connectivity index (χ1v) is 19.7. The topological polar surface area (TPSA) is 77.5 Å². The van der Waals surface area contributed by atoms with Crippen LogP contribution < -0.4 is 20.0 Å². The number of para-hydroxylation sites is 4. The molecule has 58 heavy (non-hydrogen) atoms. The van der Waals surface area contributed by atoms with Gasteiger partial charge in [0.25, 0.3) is 5.91 Å². The number of benzene rings is 5. The van der Waals surface area contributed by atoms with Gasteiger partial charge in [0, 0.05) is 24.0 Å². The number of likely N-dealkylation sites (N-methyl/N-ethyl adjacent to an activating group) is 1. The third-order valence-electron chi connectivity index (χ3n) is 11.8. The van der Waals surface area contributed by atoms with Crippen molar-refractivity contribution in [2.24, 2.45) is 4.99 Å². The molecule has 1 amide bonds. The van der Waals surface area contributed by atoms with Gasteiger partial charge >= 0.3 is 5.97 Å². The highest BCUT2D eigenvalue weighted by atomic mass is 19.1. The molecule has 1 N–H and O–H groups in total. The Hall–Kier alpha value is -6.48. The number of aryl methyl sites for hydroxylation is 8. The minimum atomic E-state index is -1.88. The summed E-state index contributed by atoms with van der Waals surface area (Å²) >= 11 is 0. The van der Waals surface area contributed by atoms with Gasteiger partial charge in [-0.15, -0.1) is 0 Å². The summed E-state index contributed by atoms with van der Waals surface area (Å²) in [4.78, 5) is 42.1. The third-order valence-corrected chi connectivity index (χ3v) is 11.8. The summed E-state index contributed by atoms with van der Waals surface area (Å²) in [5.74, 6) is -1.08. The number of halogens is 1. The van der Waals surface area contributed by atoms with Gasteiger partial charge < -0.3 is 19.9 Å². The number of ether oxygens (including phenoxy) is 1. The summed E-state index contributed by atoms with van der Waals surface area (Å²) in [6.07, 6.45) is 0. The number of aliphatic imine (C=N–C) groups is 1. The number of carbonyl (C=O) groups excluding carboxylic acids is 2. The Morgan fingerprint density at radius 3 is 1.79 bits per heavy atom. The van der Waals surface area contributed by atoms with Gasteiger partial charge in [-0.3, -0.25) is 9.69 Å². The minimum Gasteiger partial charge on any atom is -0.462 e. The second kappa shape index (κ2) is 14.2. The first-order chi connectivity index (χ1) is 27.7. The number of rotatable bonds is 7. The van der Waals surface area contributed by atoms with Crippen molar-refractivity contribution in [2.45, 2.75) is 67.9 Å². The Balaban J connectivity index is 1.66. The molecule has 5 aromatic carbocycles. The molecule has 294 valence electrons. The third kappa shape index (κ3) is 5.51. The highest BCUT2D eigenvalue weighted by Crippen LogP contribution is 2.62. The molecule has 0 saturated carbocycles. The van der Waals surface area contributed by atoms with E-state index in [1.54, 1.807) is 20.0 Å². The smallest absolute Gasteiger partial charge is 0.339 e. The summed E-state index contributed by atoms with van der Waals surface area (Å²) < 4.78 is 21.9. The number of nitrogens with zero attached hydrogens (tertiary/aromatic N) is 4. The van der Waals surface area contributed by atoms with Crippen LogP contribution in [-0.2, 0) is 19.9 Å². The molecule has 0 aliphatic carbocycles. The monoisotopic (exact) mass is 773 g/mol. The van der Waals surface area contributed by atoms with Gasteiger partial charge in [0.15, 0.2) is 11.4 Å². The Kier molecular flexibility index (Phi) is 9.38. The van der Waals surface area contributed by atoms with Crippen LogP contribution in [0.3, 0.4) is 0 Å². The number of fused-ring (bicyclic) bond motifs is 3. The summed E-state index contributed by atoms with van der Waals surface area (Å²) in [5, 5.41) is 3.87. The lowest BCUT2D eigenvalue weighted by atomic mass is 9.82. The first kappa shape index (κ1) is 38.4. The van der Waals surface area contributed by atoms with E-state index in [-0.39, 0.29) is 12.2 Å². The number of amides is 1. The summed E-state index contributed by atoms with van der Waals surface area (Å²) in [6, 6.07) is 28.6. The van der Waals surface area contributed by atoms with Crippen LogP contribution in [0.15, 0.2) is 119 Å². The normalized spacial score (nSPS) is 17.9. The van der Waals surface area contributed by atoms with Crippen molar-refractivity contribution in [3.8, 4) is 0 Å². The average Bonchev–Trinajstić information content (AvgIpc) is 3.71. The standard InChI is InChI=1S/C49H48FN5O3/c1-11-58-47(56)38-44-45(55(43-33(8)22-15-23-34(43)9)49(38)36-26-35(50)24-25-37(36)53(10)48(49)57)41(51-39-27(2)16-12-17-28(39)3)46(52-40-29(4)18-13-19-30(40)5)54(44)42-31(6)20-14-21-32(42)7/h12-26,51H,11H2,1-10H3. The molecule has 3 heterocycles. The first-order valence-electron chi connectivity index (χ1n) is 19.7. The van der Waals surface area contributed by atoms with Crippen molar-refractivity contribution >= 4 is 46.1 Å². The van der Waals surface area contributed by atoms with E-state index in [0.29, 0.717) is 39.9 Å². The van der Waals surface area contributed by atoms with E-state index in [2.05, 4.69) is 31.3 Å². The Morgan fingerprint density at radius 1 is 0.724 bits per heavy atom. The molecule has 1 spiro atoms. The average molecular weight is 774 g/mol. The molecule has 1 atom stereocenters. The van der Waals surface area contributed by atoms with Crippen molar-refractivity contribution < 1.29 is 18.7 Å². The van der Waals surface area contributed by atoms with Crippen molar-refractivity contribution in [3.63, 3.8) is 0 Å². The zero-order chi connectivity index (χ0) is 41.4.